The molecule has 3 aromatic rings. The number of aryl methyl sites for hydroxylation is 2. The molecule has 5 heteroatoms. The minimum absolute atomic E-state index is 0.00260. The summed E-state index contributed by atoms with van der Waals surface area (Å²) in [7, 11) is 2.07. The lowest BCUT2D eigenvalue weighted by molar-refractivity contribution is 0.541. The molecule has 0 aliphatic carbocycles. The minimum atomic E-state index is 0.00260. The molecule has 1 aliphatic rings. The van der Waals surface area contributed by atoms with Gasteiger partial charge in [-0.25, -0.2) is 0 Å². The molecule has 1 fully saturated rings. The normalized spacial score (nSPS) is 19.9. The van der Waals surface area contributed by atoms with E-state index >= 15 is 0 Å². The van der Waals surface area contributed by atoms with Crippen molar-refractivity contribution in [3.05, 3.63) is 83.9 Å². The Labute approximate surface area is 153 Å². The molecule has 2 unspecified atom stereocenters. The summed E-state index contributed by atoms with van der Waals surface area (Å²) in [6.45, 7) is 2.10. The number of aromatic nitrogens is 2. The Kier molecular flexibility index (Phi) is 4.01. The molecule has 0 radical (unpaired) electrons. The van der Waals surface area contributed by atoms with Gasteiger partial charge in [0.15, 0.2) is 5.11 Å². The molecule has 0 saturated carbocycles. The lowest BCUT2D eigenvalue weighted by Crippen LogP contribution is -2.30. The lowest BCUT2D eigenvalue weighted by Gasteiger charge is -2.28. The van der Waals surface area contributed by atoms with Crippen molar-refractivity contribution < 1.29 is 0 Å². The van der Waals surface area contributed by atoms with Crippen LogP contribution in [0.4, 0.5) is 5.69 Å². The summed E-state index contributed by atoms with van der Waals surface area (Å²) >= 11 is 5.71. The Morgan fingerprint density at radius 3 is 2.64 bits per heavy atom. The summed E-state index contributed by atoms with van der Waals surface area (Å²) in [4.78, 5) is 6.78. The second-order valence-electron chi connectivity index (χ2n) is 6.38. The zero-order valence-corrected chi connectivity index (χ0v) is 15.1. The molecule has 2 atom stereocenters. The van der Waals surface area contributed by atoms with Gasteiger partial charge in [0.25, 0.3) is 0 Å². The smallest absolute Gasteiger partial charge is 0.174 e. The minimum Gasteiger partial charge on any atom is -0.353 e. The van der Waals surface area contributed by atoms with Crippen LogP contribution in [0.5, 0.6) is 0 Å². The fourth-order valence-electron chi connectivity index (χ4n) is 3.49. The molecule has 2 aromatic heterocycles. The van der Waals surface area contributed by atoms with Crippen molar-refractivity contribution in [1.82, 2.24) is 14.9 Å². The molecular formula is C20H20N4S. The van der Waals surface area contributed by atoms with Crippen molar-refractivity contribution in [3.63, 3.8) is 0 Å². The largest absolute Gasteiger partial charge is 0.353 e. The number of benzene rings is 1. The average molecular weight is 348 g/mol. The Balaban J connectivity index is 1.85. The fraction of sp³-hybridized carbons (Fsp3) is 0.200. The van der Waals surface area contributed by atoms with Crippen LogP contribution in [0.1, 0.15) is 29.0 Å². The van der Waals surface area contributed by atoms with Crippen LogP contribution < -0.4 is 10.2 Å². The lowest BCUT2D eigenvalue weighted by atomic mass is 10.0. The van der Waals surface area contributed by atoms with Gasteiger partial charge in [-0.1, -0.05) is 18.2 Å². The van der Waals surface area contributed by atoms with Crippen LogP contribution in [0.3, 0.4) is 0 Å². The van der Waals surface area contributed by atoms with Gasteiger partial charge in [0.05, 0.1) is 11.7 Å². The van der Waals surface area contributed by atoms with E-state index < -0.39 is 0 Å². The van der Waals surface area contributed by atoms with Crippen LogP contribution in [0.25, 0.3) is 0 Å². The first-order chi connectivity index (χ1) is 12.1. The average Bonchev–Trinajstić information content (AvgIpc) is 3.18. The van der Waals surface area contributed by atoms with Crippen LogP contribution in [-0.2, 0) is 7.05 Å². The Hall–Kier alpha value is -2.66. The fourth-order valence-corrected chi connectivity index (χ4v) is 3.84. The summed E-state index contributed by atoms with van der Waals surface area (Å²) < 4.78 is 2.15. The third-order valence-corrected chi connectivity index (χ3v) is 4.98. The zero-order chi connectivity index (χ0) is 17.4. The standard InChI is InChI=1S/C20H20N4S/c1-14-7-5-8-15(13-14)24-19(17-10-6-12-23(17)2)18(22-20(24)25)16-9-3-4-11-21-16/h3-13,18-19H,1-2H3,(H,22,25). The third kappa shape index (κ3) is 2.81. The number of hydrogen-bond donors (Lipinski definition) is 1. The third-order valence-electron chi connectivity index (χ3n) is 4.66. The van der Waals surface area contributed by atoms with Crippen molar-refractivity contribution in [2.45, 2.75) is 19.0 Å². The molecule has 0 amide bonds. The molecule has 3 heterocycles. The van der Waals surface area contributed by atoms with Crippen LogP contribution in [-0.4, -0.2) is 14.7 Å². The predicted molar refractivity (Wildman–Crippen MR) is 105 cm³/mol. The van der Waals surface area contributed by atoms with Crippen molar-refractivity contribution in [3.8, 4) is 0 Å². The Morgan fingerprint density at radius 2 is 1.96 bits per heavy atom. The van der Waals surface area contributed by atoms with E-state index in [0.29, 0.717) is 0 Å². The van der Waals surface area contributed by atoms with E-state index in [4.69, 9.17) is 12.2 Å². The molecule has 4 nitrogen and oxygen atoms in total. The van der Waals surface area contributed by atoms with Crippen LogP contribution in [0.2, 0.25) is 0 Å². The molecule has 25 heavy (non-hydrogen) atoms. The maximum atomic E-state index is 5.71. The molecule has 1 aromatic carbocycles. The van der Waals surface area contributed by atoms with Gasteiger partial charge in [-0.3, -0.25) is 4.98 Å². The number of hydrogen-bond acceptors (Lipinski definition) is 2. The van der Waals surface area contributed by atoms with E-state index in [1.807, 2.05) is 18.3 Å². The highest BCUT2D eigenvalue weighted by atomic mass is 32.1. The molecular weight excluding hydrogens is 328 g/mol. The molecule has 1 saturated heterocycles. The predicted octanol–water partition coefficient (Wildman–Crippen LogP) is 3.91. The topological polar surface area (TPSA) is 33.1 Å². The molecule has 0 bridgehead atoms. The summed E-state index contributed by atoms with van der Waals surface area (Å²) in [5.41, 5.74) is 4.50. The highest BCUT2D eigenvalue weighted by Crippen LogP contribution is 2.41. The zero-order valence-electron chi connectivity index (χ0n) is 14.3. The number of nitrogens with zero attached hydrogens (tertiary/aromatic N) is 3. The van der Waals surface area contributed by atoms with Crippen LogP contribution >= 0.6 is 12.2 Å². The molecule has 126 valence electrons. The summed E-state index contributed by atoms with van der Waals surface area (Å²) in [5, 5.41) is 4.21. The van der Waals surface area contributed by atoms with E-state index in [0.717, 1.165) is 16.5 Å². The maximum absolute atomic E-state index is 5.71. The molecule has 0 spiro atoms. The molecule has 1 aliphatic heterocycles. The van der Waals surface area contributed by atoms with Gasteiger partial charge in [0, 0.05) is 30.8 Å². The van der Waals surface area contributed by atoms with Gasteiger partial charge in [0.2, 0.25) is 0 Å². The van der Waals surface area contributed by atoms with E-state index in [9.17, 15) is 0 Å². The first kappa shape index (κ1) is 15.8. The van der Waals surface area contributed by atoms with Crippen molar-refractivity contribution in [2.24, 2.45) is 7.05 Å². The molecule has 4 rings (SSSR count). The highest BCUT2D eigenvalue weighted by Gasteiger charge is 2.41. The van der Waals surface area contributed by atoms with Gasteiger partial charge < -0.3 is 14.8 Å². The van der Waals surface area contributed by atoms with Crippen molar-refractivity contribution in [1.29, 1.82) is 0 Å². The summed E-state index contributed by atoms with van der Waals surface area (Å²) in [6, 6.07) is 18.7. The van der Waals surface area contributed by atoms with Gasteiger partial charge >= 0.3 is 0 Å². The van der Waals surface area contributed by atoms with E-state index in [-0.39, 0.29) is 12.1 Å². The number of nitrogens with one attached hydrogen (secondary N) is 1. The van der Waals surface area contributed by atoms with Crippen molar-refractivity contribution >= 4 is 23.0 Å². The number of anilines is 1. The van der Waals surface area contributed by atoms with Gasteiger partial charge in [-0.05, 0) is 61.1 Å². The quantitative estimate of drug-likeness (QED) is 0.728. The Bertz CT molecular complexity index is 903. The number of rotatable bonds is 3. The first-order valence-electron chi connectivity index (χ1n) is 8.34. The second kappa shape index (κ2) is 6.33. The monoisotopic (exact) mass is 348 g/mol. The van der Waals surface area contributed by atoms with E-state index in [1.54, 1.807) is 0 Å². The second-order valence-corrected chi connectivity index (χ2v) is 6.77. The molecule has 1 N–H and O–H groups in total. The van der Waals surface area contributed by atoms with Gasteiger partial charge in [-0.15, -0.1) is 0 Å². The SMILES string of the molecule is Cc1cccc(N2C(=S)NC(c3ccccn3)C2c2cccn2C)c1. The van der Waals surface area contributed by atoms with Gasteiger partial charge in [-0.2, -0.15) is 0 Å². The Morgan fingerprint density at radius 1 is 1.08 bits per heavy atom. The van der Waals surface area contributed by atoms with E-state index in [1.165, 1.54) is 11.3 Å². The summed E-state index contributed by atoms with van der Waals surface area (Å²) in [6.07, 6.45) is 3.90. The first-order valence-corrected chi connectivity index (χ1v) is 8.74. The number of pyridine rings is 1. The maximum Gasteiger partial charge on any atom is 0.174 e. The van der Waals surface area contributed by atoms with Crippen LogP contribution in [0.15, 0.2) is 67.0 Å². The number of thiocarbonyl (C=S) groups is 1. The van der Waals surface area contributed by atoms with E-state index in [2.05, 4.69) is 82.4 Å². The van der Waals surface area contributed by atoms with Gasteiger partial charge in [0.1, 0.15) is 6.04 Å². The summed E-state index contributed by atoms with van der Waals surface area (Å²) in [5.74, 6) is 0. The van der Waals surface area contributed by atoms with Crippen LogP contribution in [0, 0.1) is 6.92 Å². The highest BCUT2D eigenvalue weighted by molar-refractivity contribution is 7.80. The van der Waals surface area contributed by atoms with Crippen molar-refractivity contribution in [2.75, 3.05) is 4.90 Å².